The Morgan fingerprint density at radius 3 is 2.72 bits per heavy atom. The number of hydrogen-bond donors (Lipinski definition) is 0. The van der Waals surface area contributed by atoms with Crippen LogP contribution in [0.25, 0.3) is 11.3 Å². The van der Waals surface area contributed by atoms with Crippen molar-refractivity contribution in [1.29, 1.82) is 0 Å². The molecule has 1 heterocycles. The molecule has 0 fully saturated rings. The van der Waals surface area contributed by atoms with E-state index < -0.39 is 0 Å². The average molecular weight is 262 g/mol. The van der Waals surface area contributed by atoms with E-state index in [4.69, 9.17) is 16.0 Å². The van der Waals surface area contributed by atoms with E-state index in [9.17, 15) is 0 Å². The van der Waals surface area contributed by atoms with Crippen molar-refractivity contribution < 1.29 is 4.42 Å². The molecule has 2 nitrogen and oxygen atoms in total. The second kappa shape index (κ2) is 4.77. The second-order valence-electron chi connectivity index (χ2n) is 4.87. The lowest BCUT2D eigenvalue weighted by molar-refractivity contribution is 0.508. The predicted octanol–water partition coefficient (Wildman–Crippen LogP) is 4.52. The maximum atomic E-state index is 5.96. The summed E-state index contributed by atoms with van der Waals surface area (Å²) in [6.07, 6.45) is 6.74. The van der Waals surface area contributed by atoms with Crippen LogP contribution in [-0.2, 0) is 12.8 Å². The lowest BCUT2D eigenvalue weighted by Crippen LogP contribution is -2.02. The van der Waals surface area contributed by atoms with Crippen LogP contribution < -0.4 is 0 Å². The molecule has 18 heavy (non-hydrogen) atoms. The van der Waals surface area contributed by atoms with Gasteiger partial charge in [0.25, 0.3) is 0 Å². The summed E-state index contributed by atoms with van der Waals surface area (Å²) in [6.45, 7) is 1.87. The zero-order valence-corrected chi connectivity index (χ0v) is 11.2. The van der Waals surface area contributed by atoms with Gasteiger partial charge >= 0.3 is 0 Å². The summed E-state index contributed by atoms with van der Waals surface area (Å²) >= 11 is 5.96. The number of aromatic nitrogens is 1. The fourth-order valence-electron chi connectivity index (χ4n) is 2.49. The van der Waals surface area contributed by atoms with Gasteiger partial charge < -0.3 is 4.42 Å². The summed E-state index contributed by atoms with van der Waals surface area (Å²) in [5.74, 6) is 1.40. The molecule has 0 aliphatic heterocycles. The highest BCUT2D eigenvalue weighted by Gasteiger charge is 2.14. The second-order valence-corrected chi connectivity index (χ2v) is 5.52. The van der Waals surface area contributed by atoms with Gasteiger partial charge in [-0.3, -0.25) is 0 Å². The topological polar surface area (TPSA) is 26.0 Å². The number of halogens is 1. The third-order valence-electron chi connectivity index (χ3n) is 3.50. The smallest absolute Gasteiger partial charge is 0.212 e. The van der Waals surface area contributed by atoms with Gasteiger partial charge in [0.05, 0.1) is 6.20 Å². The summed E-state index contributed by atoms with van der Waals surface area (Å²) in [6, 6.07) is 6.57. The molecule has 0 radical (unpaired) electrons. The van der Waals surface area contributed by atoms with Crippen molar-refractivity contribution in [2.24, 2.45) is 0 Å². The molecule has 0 unspecified atom stereocenters. The van der Waals surface area contributed by atoms with Crippen molar-refractivity contribution in [3.8, 4) is 11.3 Å². The molecule has 0 saturated heterocycles. The molecule has 2 aromatic rings. The van der Waals surface area contributed by atoms with Crippen LogP contribution in [0.15, 0.2) is 28.8 Å². The Labute approximate surface area is 112 Å². The van der Waals surface area contributed by atoms with E-state index in [-0.39, 0.29) is 5.38 Å². The Balaban J connectivity index is 1.95. The lowest BCUT2D eigenvalue weighted by atomic mass is 9.90. The average Bonchev–Trinajstić information content (AvgIpc) is 2.88. The highest BCUT2D eigenvalue weighted by Crippen LogP contribution is 2.29. The van der Waals surface area contributed by atoms with E-state index >= 15 is 0 Å². The van der Waals surface area contributed by atoms with Crippen molar-refractivity contribution >= 4 is 11.6 Å². The molecule has 3 rings (SSSR count). The minimum absolute atomic E-state index is 0.184. The maximum absolute atomic E-state index is 5.96. The molecule has 94 valence electrons. The SMILES string of the molecule is C[C@@H](Cl)c1ncc(-c2ccc3c(c2)CCCC3)o1. The monoisotopic (exact) mass is 261 g/mol. The molecular weight excluding hydrogens is 246 g/mol. The van der Waals surface area contributed by atoms with Gasteiger partial charge in [-0.05, 0) is 49.8 Å². The first kappa shape index (κ1) is 11.8. The number of fused-ring (bicyclic) bond motifs is 1. The third-order valence-corrected chi connectivity index (χ3v) is 3.68. The molecular formula is C15H16ClNO. The fourth-order valence-corrected chi connectivity index (χ4v) is 2.59. The number of aryl methyl sites for hydroxylation is 2. The Bertz CT molecular complexity index is 559. The van der Waals surface area contributed by atoms with Crippen molar-refractivity contribution in [3.63, 3.8) is 0 Å². The van der Waals surface area contributed by atoms with Crippen molar-refractivity contribution in [2.75, 3.05) is 0 Å². The first-order chi connectivity index (χ1) is 8.74. The van der Waals surface area contributed by atoms with Gasteiger partial charge in [-0.2, -0.15) is 0 Å². The largest absolute Gasteiger partial charge is 0.439 e. The molecule has 1 aliphatic carbocycles. The molecule has 0 saturated carbocycles. The van der Waals surface area contributed by atoms with Crippen LogP contribution >= 0.6 is 11.6 Å². The summed E-state index contributed by atoms with van der Waals surface area (Å²) in [4.78, 5) is 4.21. The number of hydrogen-bond acceptors (Lipinski definition) is 2. The summed E-state index contributed by atoms with van der Waals surface area (Å²) in [5.41, 5.74) is 4.04. The number of rotatable bonds is 2. The first-order valence-electron chi connectivity index (χ1n) is 6.46. The number of oxazole rings is 1. The molecule has 0 N–H and O–H groups in total. The Morgan fingerprint density at radius 2 is 2.00 bits per heavy atom. The molecule has 0 bridgehead atoms. The molecule has 3 heteroatoms. The van der Waals surface area contributed by atoms with Crippen LogP contribution in [0.5, 0.6) is 0 Å². The van der Waals surface area contributed by atoms with Crippen LogP contribution in [-0.4, -0.2) is 4.98 Å². The summed E-state index contributed by atoms with van der Waals surface area (Å²) in [5, 5.41) is -0.184. The number of benzene rings is 1. The first-order valence-corrected chi connectivity index (χ1v) is 6.89. The normalized spacial score (nSPS) is 16.3. The van der Waals surface area contributed by atoms with Crippen molar-refractivity contribution in [1.82, 2.24) is 4.98 Å². The Kier molecular flexibility index (Phi) is 3.13. The molecule has 1 aromatic heterocycles. The maximum Gasteiger partial charge on any atom is 0.212 e. The molecule has 0 spiro atoms. The van der Waals surface area contributed by atoms with E-state index in [1.54, 1.807) is 6.20 Å². The Hall–Kier alpha value is -1.28. The summed E-state index contributed by atoms with van der Waals surface area (Å²) in [7, 11) is 0. The van der Waals surface area contributed by atoms with E-state index in [2.05, 4.69) is 23.2 Å². The van der Waals surface area contributed by atoms with Crippen LogP contribution in [0.4, 0.5) is 0 Å². The quantitative estimate of drug-likeness (QED) is 0.743. The minimum atomic E-state index is -0.184. The van der Waals surface area contributed by atoms with Crippen LogP contribution in [0.2, 0.25) is 0 Å². The molecule has 1 atom stereocenters. The van der Waals surface area contributed by atoms with Gasteiger partial charge in [-0.25, -0.2) is 4.98 Å². The number of nitrogens with zero attached hydrogens (tertiary/aromatic N) is 1. The van der Waals surface area contributed by atoms with Crippen LogP contribution in [0.3, 0.4) is 0 Å². The van der Waals surface area contributed by atoms with Gasteiger partial charge in [-0.15, -0.1) is 11.6 Å². The van der Waals surface area contributed by atoms with E-state index in [1.807, 2.05) is 6.92 Å². The van der Waals surface area contributed by atoms with Gasteiger partial charge in [0.1, 0.15) is 5.38 Å². The summed E-state index contributed by atoms with van der Waals surface area (Å²) < 4.78 is 5.68. The van der Waals surface area contributed by atoms with E-state index in [0.29, 0.717) is 5.89 Å². The molecule has 1 aromatic carbocycles. The highest BCUT2D eigenvalue weighted by atomic mass is 35.5. The van der Waals surface area contributed by atoms with Crippen LogP contribution in [0, 0.1) is 0 Å². The fraction of sp³-hybridized carbons (Fsp3) is 0.400. The lowest BCUT2D eigenvalue weighted by Gasteiger charge is -2.15. The number of alkyl halides is 1. The third kappa shape index (κ3) is 2.17. The molecule has 1 aliphatic rings. The molecule has 0 amide bonds. The van der Waals surface area contributed by atoms with Crippen LogP contribution in [0.1, 0.15) is 42.2 Å². The van der Waals surface area contributed by atoms with Crippen molar-refractivity contribution in [3.05, 3.63) is 41.4 Å². The Morgan fingerprint density at radius 1 is 1.22 bits per heavy atom. The van der Waals surface area contributed by atoms with E-state index in [0.717, 1.165) is 11.3 Å². The van der Waals surface area contributed by atoms with Gasteiger partial charge in [-0.1, -0.05) is 12.1 Å². The minimum Gasteiger partial charge on any atom is -0.439 e. The zero-order valence-electron chi connectivity index (χ0n) is 10.4. The van der Waals surface area contributed by atoms with Gasteiger partial charge in [0, 0.05) is 5.56 Å². The highest BCUT2D eigenvalue weighted by molar-refractivity contribution is 6.20. The van der Waals surface area contributed by atoms with Gasteiger partial charge in [0.2, 0.25) is 5.89 Å². The van der Waals surface area contributed by atoms with Gasteiger partial charge in [0.15, 0.2) is 5.76 Å². The predicted molar refractivity (Wildman–Crippen MR) is 72.8 cm³/mol. The van der Waals surface area contributed by atoms with Crippen molar-refractivity contribution in [2.45, 2.75) is 38.0 Å². The van der Waals surface area contributed by atoms with E-state index in [1.165, 1.54) is 36.8 Å². The standard InChI is InChI=1S/C15H16ClNO/c1-10(16)15-17-9-14(18-15)13-7-6-11-4-2-3-5-12(11)8-13/h6-10H,2-5H2,1H3/t10-/m1/s1. The zero-order chi connectivity index (χ0) is 12.5.